The van der Waals surface area contributed by atoms with Crippen LogP contribution in [0.25, 0.3) is 21.9 Å². The molecule has 0 amide bonds. The zero-order valence-electron chi connectivity index (χ0n) is 16.3. The van der Waals surface area contributed by atoms with Crippen molar-refractivity contribution < 1.29 is 27.4 Å². The Kier molecular flexibility index (Phi) is 5.33. The summed E-state index contributed by atoms with van der Waals surface area (Å²) in [5.41, 5.74) is 0.241. The second-order valence-corrected chi connectivity index (χ2v) is 6.69. The van der Waals surface area contributed by atoms with Crippen LogP contribution in [-0.4, -0.2) is 18.1 Å². The van der Waals surface area contributed by atoms with Crippen molar-refractivity contribution in [3.8, 4) is 22.8 Å². The first-order chi connectivity index (χ1) is 14.9. The Hall–Kier alpha value is -3.87. The van der Waals surface area contributed by atoms with Crippen molar-refractivity contribution in [1.82, 2.24) is 4.98 Å². The molecule has 0 saturated heterocycles. The van der Waals surface area contributed by atoms with Gasteiger partial charge in [-0.15, -0.1) is 0 Å². The summed E-state index contributed by atoms with van der Waals surface area (Å²) in [6, 6.07) is 18.3. The van der Waals surface area contributed by atoms with E-state index in [9.17, 15) is 18.0 Å². The minimum absolute atomic E-state index is 0.194. The maximum absolute atomic E-state index is 13.3. The Bertz CT molecular complexity index is 1250. The van der Waals surface area contributed by atoms with E-state index >= 15 is 0 Å². The third-order valence-electron chi connectivity index (χ3n) is 4.74. The lowest BCUT2D eigenvalue weighted by Gasteiger charge is -2.15. The molecule has 4 nitrogen and oxygen atoms in total. The van der Waals surface area contributed by atoms with E-state index in [-0.39, 0.29) is 17.2 Å². The molecule has 0 aliphatic carbocycles. The summed E-state index contributed by atoms with van der Waals surface area (Å²) < 4.78 is 50.7. The quantitative estimate of drug-likeness (QED) is 0.292. The van der Waals surface area contributed by atoms with Gasteiger partial charge < -0.3 is 9.47 Å². The van der Waals surface area contributed by atoms with Crippen molar-refractivity contribution >= 4 is 16.7 Å². The average molecular weight is 423 g/mol. The van der Waals surface area contributed by atoms with Crippen molar-refractivity contribution in [2.75, 3.05) is 7.11 Å². The van der Waals surface area contributed by atoms with E-state index in [0.717, 1.165) is 12.1 Å². The van der Waals surface area contributed by atoms with Crippen LogP contribution in [0.4, 0.5) is 13.2 Å². The summed E-state index contributed by atoms with van der Waals surface area (Å²) in [4.78, 5) is 16.9. The summed E-state index contributed by atoms with van der Waals surface area (Å²) in [5, 5.41) is 0.939. The molecule has 3 aromatic carbocycles. The minimum atomic E-state index is -4.49. The van der Waals surface area contributed by atoms with E-state index in [1.165, 1.54) is 19.4 Å². The molecule has 0 aliphatic heterocycles. The van der Waals surface area contributed by atoms with Gasteiger partial charge in [-0.05, 0) is 42.0 Å². The van der Waals surface area contributed by atoms with Crippen molar-refractivity contribution in [1.29, 1.82) is 0 Å². The first-order valence-corrected chi connectivity index (χ1v) is 9.29. The largest absolute Gasteiger partial charge is 0.481 e. The van der Waals surface area contributed by atoms with Crippen LogP contribution in [0.15, 0.2) is 79.0 Å². The fourth-order valence-corrected chi connectivity index (χ4v) is 3.31. The lowest BCUT2D eigenvalue weighted by Crippen LogP contribution is -2.09. The Morgan fingerprint density at radius 1 is 0.935 bits per heavy atom. The Balaban J connectivity index is 1.90. The third-order valence-corrected chi connectivity index (χ3v) is 4.74. The van der Waals surface area contributed by atoms with Gasteiger partial charge in [0.15, 0.2) is 0 Å². The maximum atomic E-state index is 13.3. The lowest BCUT2D eigenvalue weighted by atomic mass is 9.98. The molecule has 156 valence electrons. The number of nitrogens with zero attached hydrogens (tertiary/aromatic N) is 1. The number of aromatic nitrogens is 1. The number of benzene rings is 3. The number of halogens is 3. The second kappa shape index (κ2) is 8.10. The van der Waals surface area contributed by atoms with Crippen LogP contribution in [0, 0.1) is 0 Å². The monoisotopic (exact) mass is 423 g/mol. The van der Waals surface area contributed by atoms with Gasteiger partial charge in [0.2, 0.25) is 5.88 Å². The van der Waals surface area contributed by atoms with E-state index in [2.05, 4.69) is 4.98 Å². The molecule has 4 aromatic rings. The normalized spacial score (nSPS) is 11.4. The number of hydrogen-bond donors (Lipinski definition) is 0. The smallest absolute Gasteiger partial charge is 0.416 e. The van der Waals surface area contributed by atoms with Crippen LogP contribution in [0.2, 0.25) is 0 Å². The predicted octanol–water partition coefficient (Wildman–Crippen LogP) is 6.15. The number of ether oxygens (including phenoxy) is 2. The summed E-state index contributed by atoms with van der Waals surface area (Å²) in [6.45, 7) is 0. The fourth-order valence-electron chi connectivity index (χ4n) is 3.31. The number of pyridine rings is 1. The number of fused-ring (bicyclic) bond motifs is 1. The molecule has 1 heterocycles. The van der Waals surface area contributed by atoms with Gasteiger partial charge >= 0.3 is 12.1 Å². The van der Waals surface area contributed by atoms with Crippen LogP contribution in [-0.2, 0) is 6.18 Å². The van der Waals surface area contributed by atoms with E-state index in [1.807, 2.05) is 0 Å². The topological polar surface area (TPSA) is 48.4 Å². The first-order valence-electron chi connectivity index (χ1n) is 9.29. The Labute approximate surface area is 175 Å². The van der Waals surface area contributed by atoms with Crippen LogP contribution in [0.1, 0.15) is 15.9 Å². The standard InChI is InChI=1S/C24H16F3NO3/c1-30-22-18-11-6-12-20(31-23(29)15-7-3-2-4-8-15)21(18)19(14-28-22)16-9-5-10-17(13-16)24(25,26)27/h2-14H,1H3. The molecule has 0 radical (unpaired) electrons. The van der Waals surface area contributed by atoms with Gasteiger partial charge in [0.05, 0.1) is 18.2 Å². The summed E-state index contributed by atoms with van der Waals surface area (Å²) in [5.74, 6) is -0.123. The van der Waals surface area contributed by atoms with Gasteiger partial charge in [0, 0.05) is 22.5 Å². The molecule has 0 N–H and O–H groups in total. The van der Waals surface area contributed by atoms with Crippen LogP contribution >= 0.6 is 0 Å². The molecule has 31 heavy (non-hydrogen) atoms. The van der Waals surface area contributed by atoms with Crippen LogP contribution < -0.4 is 9.47 Å². The Morgan fingerprint density at radius 2 is 1.68 bits per heavy atom. The van der Waals surface area contributed by atoms with Gasteiger partial charge in [-0.2, -0.15) is 13.2 Å². The predicted molar refractivity (Wildman–Crippen MR) is 110 cm³/mol. The summed E-state index contributed by atoms with van der Waals surface area (Å²) in [7, 11) is 1.44. The number of rotatable bonds is 4. The third kappa shape index (κ3) is 4.07. The fraction of sp³-hybridized carbons (Fsp3) is 0.0833. The summed E-state index contributed by atoms with van der Waals surface area (Å²) in [6.07, 6.45) is -3.08. The molecular formula is C24H16F3NO3. The highest BCUT2D eigenvalue weighted by Crippen LogP contribution is 2.40. The average Bonchev–Trinajstić information content (AvgIpc) is 2.78. The minimum Gasteiger partial charge on any atom is -0.481 e. The van der Waals surface area contributed by atoms with Gasteiger partial charge in [-0.1, -0.05) is 36.4 Å². The molecule has 0 aliphatic rings. The van der Waals surface area contributed by atoms with Gasteiger partial charge in [-0.25, -0.2) is 9.78 Å². The van der Waals surface area contributed by atoms with Crippen molar-refractivity contribution in [2.24, 2.45) is 0 Å². The van der Waals surface area contributed by atoms with E-state index in [1.54, 1.807) is 54.6 Å². The van der Waals surface area contributed by atoms with Crippen LogP contribution in [0.5, 0.6) is 11.6 Å². The van der Waals surface area contributed by atoms with Gasteiger partial charge in [-0.3, -0.25) is 0 Å². The number of carbonyl (C=O) groups excluding carboxylic acids is 1. The first kappa shape index (κ1) is 20.4. The molecule has 1 aromatic heterocycles. The zero-order chi connectivity index (χ0) is 22.0. The summed E-state index contributed by atoms with van der Waals surface area (Å²) >= 11 is 0. The molecule has 0 unspecified atom stereocenters. The van der Waals surface area contributed by atoms with E-state index in [0.29, 0.717) is 21.9 Å². The second-order valence-electron chi connectivity index (χ2n) is 6.69. The molecule has 0 atom stereocenters. The number of alkyl halides is 3. The van der Waals surface area contributed by atoms with E-state index in [4.69, 9.17) is 9.47 Å². The number of methoxy groups -OCH3 is 1. The number of esters is 1. The highest BCUT2D eigenvalue weighted by molar-refractivity contribution is 6.04. The zero-order valence-corrected chi connectivity index (χ0v) is 16.3. The van der Waals surface area contributed by atoms with Gasteiger partial charge in [0.25, 0.3) is 0 Å². The number of carbonyl (C=O) groups is 1. The van der Waals surface area contributed by atoms with Crippen LogP contribution in [0.3, 0.4) is 0 Å². The molecular weight excluding hydrogens is 407 g/mol. The Morgan fingerprint density at radius 3 is 2.39 bits per heavy atom. The molecule has 0 saturated carbocycles. The van der Waals surface area contributed by atoms with Crippen molar-refractivity contribution in [3.63, 3.8) is 0 Å². The molecule has 0 bridgehead atoms. The highest BCUT2D eigenvalue weighted by atomic mass is 19.4. The molecule has 7 heteroatoms. The molecule has 4 rings (SSSR count). The van der Waals surface area contributed by atoms with Crippen molar-refractivity contribution in [2.45, 2.75) is 6.18 Å². The molecule has 0 fully saturated rings. The highest BCUT2D eigenvalue weighted by Gasteiger charge is 2.30. The van der Waals surface area contributed by atoms with Gasteiger partial charge in [0.1, 0.15) is 5.75 Å². The number of hydrogen-bond acceptors (Lipinski definition) is 4. The van der Waals surface area contributed by atoms with Crippen molar-refractivity contribution in [3.05, 3.63) is 90.1 Å². The SMILES string of the molecule is COc1ncc(-c2cccc(C(F)(F)F)c2)c2c(OC(=O)c3ccccc3)cccc12. The molecule has 0 spiro atoms. The maximum Gasteiger partial charge on any atom is 0.416 e. The lowest BCUT2D eigenvalue weighted by molar-refractivity contribution is -0.137. The van der Waals surface area contributed by atoms with E-state index < -0.39 is 17.7 Å².